The average Bonchev–Trinajstić information content (AvgIpc) is 2.21. The lowest BCUT2D eigenvalue weighted by molar-refractivity contribution is 0.593. The first-order valence-corrected chi connectivity index (χ1v) is 4.76. The van der Waals surface area contributed by atoms with E-state index in [0.717, 1.165) is 12.1 Å². The van der Waals surface area contributed by atoms with Gasteiger partial charge >= 0.3 is 0 Å². The maximum atomic E-state index is 13.4. The third-order valence-corrected chi connectivity index (χ3v) is 2.19. The van der Waals surface area contributed by atoms with Crippen LogP contribution in [0.25, 0.3) is 0 Å². The Bertz CT molecular complexity index is 393. The van der Waals surface area contributed by atoms with Gasteiger partial charge in [-0.2, -0.15) is 0 Å². The molecule has 1 N–H and O–H groups in total. The molecule has 1 rings (SSSR count). The largest absolute Gasteiger partial charge is 0.369 e. The van der Waals surface area contributed by atoms with Gasteiger partial charge in [0.2, 0.25) is 0 Å². The molecule has 0 spiro atoms. The summed E-state index contributed by atoms with van der Waals surface area (Å²) in [6, 6.07) is 2.01. The summed E-state index contributed by atoms with van der Waals surface area (Å²) in [7, 11) is 0. The fraction of sp³-hybridized carbons (Fsp3) is 0.333. The highest BCUT2D eigenvalue weighted by Crippen LogP contribution is 2.19. The third-order valence-electron chi connectivity index (χ3n) is 2.19. The van der Waals surface area contributed by atoms with Crippen molar-refractivity contribution in [3.05, 3.63) is 29.3 Å². The first kappa shape index (κ1) is 11.5. The fourth-order valence-corrected chi connectivity index (χ4v) is 1.21. The van der Waals surface area contributed by atoms with Crippen LogP contribution in [0.15, 0.2) is 12.1 Å². The highest BCUT2D eigenvalue weighted by Gasteiger charge is 2.09. The van der Waals surface area contributed by atoms with E-state index in [4.69, 9.17) is 6.42 Å². The Morgan fingerprint density at radius 2 is 2.07 bits per heavy atom. The minimum absolute atomic E-state index is 0.114. The topological polar surface area (TPSA) is 12.0 Å². The van der Waals surface area contributed by atoms with Crippen LogP contribution in [0.4, 0.5) is 14.5 Å². The maximum Gasteiger partial charge on any atom is 0.146 e. The fourth-order valence-electron chi connectivity index (χ4n) is 1.21. The average molecular weight is 209 g/mol. The van der Waals surface area contributed by atoms with Crippen molar-refractivity contribution in [3.8, 4) is 12.3 Å². The number of halogens is 2. The van der Waals surface area contributed by atoms with Gasteiger partial charge in [0.05, 0.1) is 11.7 Å². The number of aryl methyl sites for hydroxylation is 1. The molecule has 0 saturated carbocycles. The van der Waals surface area contributed by atoms with E-state index in [9.17, 15) is 8.78 Å². The van der Waals surface area contributed by atoms with Crippen molar-refractivity contribution in [1.82, 2.24) is 0 Å². The second kappa shape index (κ2) is 4.79. The lowest BCUT2D eigenvalue weighted by Crippen LogP contribution is -2.16. The van der Waals surface area contributed by atoms with Gasteiger partial charge in [-0.1, -0.05) is 12.8 Å². The zero-order valence-corrected chi connectivity index (χ0v) is 8.77. The minimum Gasteiger partial charge on any atom is -0.369 e. The number of hydrogen-bond donors (Lipinski definition) is 1. The molecule has 3 heteroatoms. The molecular weight excluding hydrogens is 196 g/mol. The molecule has 1 unspecified atom stereocenters. The number of nitrogens with one attached hydrogen (secondary N) is 1. The molecule has 15 heavy (non-hydrogen) atoms. The molecule has 0 heterocycles. The molecule has 0 aliphatic carbocycles. The first-order valence-electron chi connectivity index (χ1n) is 4.76. The van der Waals surface area contributed by atoms with E-state index in [2.05, 4.69) is 11.2 Å². The molecule has 80 valence electrons. The Morgan fingerprint density at radius 1 is 1.40 bits per heavy atom. The van der Waals surface area contributed by atoms with Crippen LogP contribution in [-0.4, -0.2) is 6.04 Å². The van der Waals surface area contributed by atoms with Gasteiger partial charge in [-0.3, -0.25) is 0 Å². The molecule has 0 aliphatic rings. The molecule has 0 saturated heterocycles. The zero-order valence-electron chi connectivity index (χ0n) is 8.77. The van der Waals surface area contributed by atoms with Crippen LogP contribution in [0, 0.1) is 30.9 Å². The summed E-state index contributed by atoms with van der Waals surface area (Å²) in [6.45, 7) is 3.39. The van der Waals surface area contributed by atoms with Crippen molar-refractivity contribution in [2.75, 3.05) is 5.32 Å². The van der Waals surface area contributed by atoms with Gasteiger partial charge in [-0.05, 0) is 25.0 Å². The minimum atomic E-state index is -0.484. The summed E-state index contributed by atoms with van der Waals surface area (Å²) < 4.78 is 26.5. The lowest BCUT2D eigenvalue weighted by atomic mass is 10.1. The molecule has 1 aromatic rings. The monoisotopic (exact) mass is 209 g/mol. The van der Waals surface area contributed by atoms with Crippen LogP contribution in [-0.2, 0) is 0 Å². The van der Waals surface area contributed by atoms with E-state index < -0.39 is 11.6 Å². The van der Waals surface area contributed by atoms with Gasteiger partial charge in [0, 0.05) is 6.07 Å². The van der Waals surface area contributed by atoms with E-state index in [1.54, 1.807) is 0 Å². The van der Waals surface area contributed by atoms with E-state index in [1.165, 1.54) is 6.92 Å². The van der Waals surface area contributed by atoms with Crippen LogP contribution in [0.1, 0.15) is 18.9 Å². The Balaban J connectivity index is 2.96. The summed E-state index contributed by atoms with van der Waals surface area (Å²) in [5.74, 6) is 1.54. The van der Waals surface area contributed by atoms with Crippen molar-refractivity contribution in [1.29, 1.82) is 0 Å². The van der Waals surface area contributed by atoms with Crippen LogP contribution in [0.5, 0.6) is 0 Å². The van der Waals surface area contributed by atoms with Crippen molar-refractivity contribution in [2.24, 2.45) is 0 Å². The van der Waals surface area contributed by atoms with Gasteiger partial charge in [-0.25, -0.2) is 8.78 Å². The summed E-state index contributed by atoms with van der Waals surface area (Å²) >= 11 is 0. The Labute approximate surface area is 88.5 Å². The molecule has 0 fully saturated rings. The number of hydrogen-bond acceptors (Lipinski definition) is 1. The number of terminal acetylenes is 1. The Morgan fingerprint density at radius 3 is 2.60 bits per heavy atom. The van der Waals surface area contributed by atoms with Gasteiger partial charge in [0.25, 0.3) is 0 Å². The molecule has 1 nitrogen and oxygen atoms in total. The van der Waals surface area contributed by atoms with E-state index >= 15 is 0 Å². The molecule has 1 aromatic carbocycles. The number of rotatable bonds is 3. The van der Waals surface area contributed by atoms with Crippen molar-refractivity contribution < 1.29 is 8.78 Å². The summed E-state index contributed by atoms with van der Waals surface area (Å²) in [6.07, 6.45) is 5.88. The van der Waals surface area contributed by atoms with Crippen LogP contribution < -0.4 is 5.32 Å². The smallest absolute Gasteiger partial charge is 0.146 e. The quantitative estimate of drug-likeness (QED) is 0.754. The lowest BCUT2D eigenvalue weighted by Gasteiger charge is -2.13. The molecule has 0 amide bonds. The molecule has 0 radical (unpaired) electrons. The summed E-state index contributed by atoms with van der Waals surface area (Å²) in [5, 5.41) is 2.76. The Kier molecular flexibility index (Phi) is 3.68. The normalized spacial score (nSPS) is 11.9. The zero-order chi connectivity index (χ0) is 11.4. The highest BCUT2D eigenvalue weighted by molar-refractivity contribution is 5.48. The second-order valence-electron chi connectivity index (χ2n) is 3.35. The summed E-state index contributed by atoms with van der Waals surface area (Å²) in [4.78, 5) is 0. The number of benzene rings is 1. The van der Waals surface area contributed by atoms with Gasteiger partial charge in [0.1, 0.15) is 11.6 Å². The predicted octanol–water partition coefficient (Wildman–Crippen LogP) is 3.10. The van der Waals surface area contributed by atoms with Gasteiger partial charge in [-0.15, -0.1) is 6.42 Å². The molecule has 1 atom stereocenters. The standard InChI is InChI=1S/C12H13F2N/c1-4-9(5-2)15-12-7-10(13)8(3)6-11(12)14/h1,6-7,9,15H,5H2,2-3H3. The predicted molar refractivity (Wildman–Crippen MR) is 57.6 cm³/mol. The number of anilines is 1. The molecule has 0 aromatic heterocycles. The first-order chi connectivity index (χ1) is 7.08. The second-order valence-corrected chi connectivity index (χ2v) is 3.35. The van der Waals surface area contributed by atoms with E-state index in [-0.39, 0.29) is 17.3 Å². The van der Waals surface area contributed by atoms with Crippen molar-refractivity contribution in [3.63, 3.8) is 0 Å². The SMILES string of the molecule is C#CC(CC)Nc1cc(F)c(C)cc1F. The Hall–Kier alpha value is -1.56. The summed E-state index contributed by atoms with van der Waals surface area (Å²) in [5.41, 5.74) is 0.398. The molecular formula is C12H13F2N. The van der Waals surface area contributed by atoms with Crippen LogP contribution in [0.3, 0.4) is 0 Å². The molecule has 0 bridgehead atoms. The molecule has 0 aliphatic heterocycles. The van der Waals surface area contributed by atoms with Crippen LogP contribution in [0.2, 0.25) is 0 Å². The van der Waals surface area contributed by atoms with Gasteiger partial charge in [0.15, 0.2) is 0 Å². The van der Waals surface area contributed by atoms with Crippen molar-refractivity contribution in [2.45, 2.75) is 26.3 Å². The van der Waals surface area contributed by atoms with E-state index in [1.807, 2.05) is 6.92 Å². The highest BCUT2D eigenvalue weighted by atomic mass is 19.1. The maximum absolute atomic E-state index is 13.4. The van der Waals surface area contributed by atoms with E-state index in [0.29, 0.717) is 6.42 Å². The van der Waals surface area contributed by atoms with Crippen molar-refractivity contribution >= 4 is 5.69 Å². The third kappa shape index (κ3) is 2.69. The van der Waals surface area contributed by atoms with Gasteiger partial charge < -0.3 is 5.32 Å². The van der Waals surface area contributed by atoms with Crippen LogP contribution >= 0.6 is 0 Å².